The molecule has 1 aromatic carbocycles. The zero-order chi connectivity index (χ0) is 13.9. The van der Waals surface area contributed by atoms with Crippen molar-refractivity contribution in [1.29, 1.82) is 0 Å². The Morgan fingerprint density at radius 3 is 2.26 bits per heavy atom. The maximum Gasteiger partial charge on any atom is 0.0396 e. The molecule has 1 aliphatic rings. The van der Waals surface area contributed by atoms with Crippen molar-refractivity contribution < 1.29 is 0 Å². The van der Waals surface area contributed by atoms with E-state index in [9.17, 15) is 0 Å². The van der Waals surface area contributed by atoms with Crippen molar-refractivity contribution in [2.45, 2.75) is 53.0 Å². The number of rotatable bonds is 4. The van der Waals surface area contributed by atoms with E-state index in [1.165, 1.54) is 55.6 Å². The van der Waals surface area contributed by atoms with Crippen LogP contribution in [0.5, 0.6) is 0 Å². The summed E-state index contributed by atoms with van der Waals surface area (Å²) in [7, 11) is 0. The number of piperidine rings is 1. The zero-order valence-electron chi connectivity index (χ0n) is 12.7. The van der Waals surface area contributed by atoms with Crippen molar-refractivity contribution in [1.82, 2.24) is 0 Å². The number of hydrogen-bond acceptors (Lipinski definition) is 2. The van der Waals surface area contributed by atoms with Gasteiger partial charge in [0, 0.05) is 25.3 Å². The van der Waals surface area contributed by atoms with Crippen molar-refractivity contribution in [2.24, 2.45) is 11.1 Å². The highest BCUT2D eigenvalue weighted by molar-refractivity contribution is 5.54. The van der Waals surface area contributed by atoms with Gasteiger partial charge in [0.15, 0.2) is 0 Å². The second-order valence-electron chi connectivity index (χ2n) is 6.02. The van der Waals surface area contributed by atoms with Gasteiger partial charge in [0.1, 0.15) is 0 Å². The smallest absolute Gasteiger partial charge is 0.0396 e. The molecule has 0 radical (unpaired) electrons. The van der Waals surface area contributed by atoms with Crippen molar-refractivity contribution in [3.05, 3.63) is 29.3 Å². The van der Waals surface area contributed by atoms with E-state index in [-0.39, 0.29) is 0 Å². The molecular weight excluding hydrogens is 232 g/mol. The van der Waals surface area contributed by atoms with Crippen LogP contribution in [0.2, 0.25) is 0 Å². The molecular formula is C17H28N2. The number of benzene rings is 1. The van der Waals surface area contributed by atoms with Crippen LogP contribution in [0.3, 0.4) is 0 Å². The Morgan fingerprint density at radius 1 is 1.16 bits per heavy atom. The lowest BCUT2D eigenvalue weighted by molar-refractivity contribution is 0.199. The second kappa shape index (κ2) is 5.96. The van der Waals surface area contributed by atoms with E-state index in [1.54, 1.807) is 0 Å². The molecule has 0 spiro atoms. The van der Waals surface area contributed by atoms with Crippen LogP contribution in [0.25, 0.3) is 0 Å². The van der Waals surface area contributed by atoms with E-state index in [1.807, 2.05) is 0 Å². The molecule has 0 unspecified atom stereocenters. The molecule has 0 saturated carbocycles. The van der Waals surface area contributed by atoms with E-state index in [0.29, 0.717) is 12.0 Å². The van der Waals surface area contributed by atoms with Gasteiger partial charge in [0.2, 0.25) is 0 Å². The van der Waals surface area contributed by atoms with E-state index >= 15 is 0 Å². The van der Waals surface area contributed by atoms with Gasteiger partial charge >= 0.3 is 0 Å². The minimum Gasteiger partial charge on any atom is -0.371 e. The molecule has 1 fully saturated rings. The van der Waals surface area contributed by atoms with Crippen molar-refractivity contribution in [3.8, 4) is 0 Å². The first-order valence-electron chi connectivity index (χ1n) is 7.68. The minimum absolute atomic E-state index is 0.599. The summed E-state index contributed by atoms with van der Waals surface area (Å²) < 4.78 is 0. The number of aryl methyl sites for hydroxylation is 1. The van der Waals surface area contributed by atoms with Crippen LogP contribution in [0.1, 0.15) is 50.7 Å². The first-order valence-corrected chi connectivity index (χ1v) is 7.68. The van der Waals surface area contributed by atoms with Gasteiger partial charge in [0.25, 0.3) is 0 Å². The summed E-state index contributed by atoms with van der Waals surface area (Å²) in [4.78, 5) is 2.55. The number of hydrogen-bond donors (Lipinski definition) is 1. The van der Waals surface area contributed by atoms with Crippen molar-refractivity contribution in [3.63, 3.8) is 0 Å². The fraction of sp³-hybridized carbons (Fsp3) is 0.647. The summed E-state index contributed by atoms with van der Waals surface area (Å²) in [6, 6.07) is 6.66. The molecule has 2 heteroatoms. The summed E-state index contributed by atoms with van der Waals surface area (Å²) in [5.74, 6) is 0. The summed E-state index contributed by atoms with van der Waals surface area (Å²) >= 11 is 0. The Balaban J connectivity index is 2.09. The van der Waals surface area contributed by atoms with Crippen LogP contribution >= 0.6 is 0 Å². The fourth-order valence-electron chi connectivity index (χ4n) is 3.38. The van der Waals surface area contributed by atoms with Gasteiger partial charge in [-0.1, -0.05) is 38.8 Å². The van der Waals surface area contributed by atoms with Gasteiger partial charge in [-0.3, -0.25) is 0 Å². The van der Waals surface area contributed by atoms with Gasteiger partial charge in [-0.05, 0) is 42.4 Å². The summed E-state index contributed by atoms with van der Waals surface area (Å²) in [5.41, 5.74) is 10.3. The molecule has 1 aromatic rings. The molecule has 0 bridgehead atoms. The Hall–Kier alpha value is -1.02. The van der Waals surface area contributed by atoms with Crippen molar-refractivity contribution >= 4 is 5.69 Å². The molecule has 1 aliphatic heterocycles. The molecule has 0 atom stereocenters. The topological polar surface area (TPSA) is 29.3 Å². The molecule has 2 nitrogen and oxygen atoms in total. The predicted molar refractivity (Wildman–Crippen MR) is 83.5 cm³/mol. The first kappa shape index (κ1) is 14.4. The van der Waals surface area contributed by atoms with Crippen LogP contribution in [-0.2, 0) is 6.54 Å². The zero-order valence-corrected chi connectivity index (χ0v) is 12.7. The third-order valence-corrected chi connectivity index (χ3v) is 5.16. The number of nitrogens with two attached hydrogens (primary N) is 1. The van der Waals surface area contributed by atoms with Gasteiger partial charge < -0.3 is 10.6 Å². The SMILES string of the molecule is CCC1(CC)CCN(c2ccc(CN)cc2C)CC1. The van der Waals surface area contributed by atoms with E-state index in [2.05, 4.69) is 43.9 Å². The Kier molecular flexibility index (Phi) is 4.51. The normalized spacial score (nSPS) is 18.6. The summed E-state index contributed by atoms with van der Waals surface area (Å²) in [5, 5.41) is 0. The predicted octanol–water partition coefficient (Wildman–Crippen LogP) is 3.86. The molecule has 1 heterocycles. The molecule has 2 N–H and O–H groups in total. The van der Waals surface area contributed by atoms with E-state index < -0.39 is 0 Å². The molecule has 19 heavy (non-hydrogen) atoms. The molecule has 0 aliphatic carbocycles. The highest BCUT2D eigenvalue weighted by Gasteiger charge is 2.31. The van der Waals surface area contributed by atoms with Crippen LogP contribution in [-0.4, -0.2) is 13.1 Å². The van der Waals surface area contributed by atoms with Gasteiger partial charge in [-0.15, -0.1) is 0 Å². The third-order valence-electron chi connectivity index (χ3n) is 5.16. The van der Waals surface area contributed by atoms with E-state index in [0.717, 1.165) is 0 Å². The maximum absolute atomic E-state index is 5.71. The van der Waals surface area contributed by atoms with Crippen LogP contribution in [0, 0.1) is 12.3 Å². The van der Waals surface area contributed by atoms with Crippen molar-refractivity contribution in [2.75, 3.05) is 18.0 Å². The lowest BCUT2D eigenvalue weighted by Gasteiger charge is -2.42. The first-order chi connectivity index (χ1) is 9.14. The Bertz CT molecular complexity index is 411. The Labute approximate surface area is 118 Å². The monoisotopic (exact) mass is 260 g/mol. The number of anilines is 1. The highest BCUT2D eigenvalue weighted by atomic mass is 15.1. The largest absolute Gasteiger partial charge is 0.371 e. The molecule has 106 valence electrons. The lowest BCUT2D eigenvalue weighted by atomic mass is 9.74. The van der Waals surface area contributed by atoms with Gasteiger partial charge in [-0.2, -0.15) is 0 Å². The van der Waals surface area contributed by atoms with Gasteiger partial charge in [-0.25, -0.2) is 0 Å². The van der Waals surface area contributed by atoms with Crippen LogP contribution in [0.4, 0.5) is 5.69 Å². The number of nitrogens with zero attached hydrogens (tertiary/aromatic N) is 1. The Morgan fingerprint density at radius 2 is 1.79 bits per heavy atom. The van der Waals surface area contributed by atoms with Crippen LogP contribution < -0.4 is 10.6 Å². The highest BCUT2D eigenvalue weighted by Crippen LogP contribution is 2.39. The lowest BCUT2D eigenvalue weighted by Crippen LogP contribution is -2.39. The fourth-order valence-corrected chi connectivity index (χ4v) is 3.38. The molecule has 1 saturated heterocycles. The summed E-state index contributed by atoms with van der Waals surface area (Å²) in [6.07, 6.45) is 5.31. The molecule has 0 aromatic heterocycles. The van der Waals surface area contributed by atoms with Crippen LogP contribution in [0.15, 0.2) is 18.2 Å². The standard InChI is InChI=1S/C17H28N2/c1-4-17(5-2)8-10-19(11-9-17)16-7-6-15(13-18)12-14(16)3/h6-7,12H,4-5,8-11,13,18H2,1-3H3. The average Bonchev–Trinajstić information content (AvgIpc) is 2.47. The quantitative estimate of drug-likeness (QED) is 0.890. The van der Waals surface area contributed by atoms with Gasteiger partial charge in [0.05, 0.1) is 0 Å². The molecule has 0 amide bonds. The molecule has 2 rings (SSSR count). The average molecular weight is 260 g/mol. The minimum atomic E-state index is 0.599. The second-order valence-corrected chi connectivity index (χ2v) is 6.02. The summed E-state index contributed by atoms with van der Waals surface area (Å²) in [6.45, 7) is 9.93. The van der Waals surface area contributed by atoms with E-state index in [4.69, 9.17) is 5.73 Å². The third kappa shape index (κ3) is 2.94. The maximum atomic E-state index is 5.71.